The third-order valence-electron chi connectivity index (χ3n) is 4.55. The number of carbonyl (C=O) groups is 1. The van der Waals surface area contributed by atoms with Crippen molar-refractivity contribution in [2.24, 2.45) is 0 Å². The van der Waals surface area contributed by atoms with E-state index in [0.717, 1.165) is 34.9 Å². The third kappa shape index (κ3) is 4.06. The average Bonchev–Trinajstić information content (AvgIpc) is 3.21. The van der Waals surface area contributed by atoms with Gasteiger partial charge in [-0.15, -0.1) is 0 Å². The lowest BCUT2D eigenvalue weighted by Crippen LogP contribution is -2.12. The molecule has 0 radical (unpaired) electrons. The van der Waals surface area contributed by atoms with E-state index in [-0.39, 0.29) is 12.7 Å². The van der Waals surface area contributed by atoms with Gasteiger partial charge in [0.05, 0.1) is 11.3 Å². The molecule has 1 amide bonds. The molecule has 0 unspecified atom stereocenters. The van der Waals surface area contributed by atoms with Gasteiger partial charge in [-0.2, -0.15) is 0 Å². The van der Waals surface area contributed by atoms with Crippen LogP contribution in [0.15, 0.2) is 60.9 Å². The lowest BCUT2D eigenvalue weighted by molar-refractivity contribution is 0.102. The molecule has 0 bridgehead atoms. The number of nitrogens with zero attached hydrogens (tertiary/aromatic N) is 1. The number of nitrogens with one attached hydrogen (secondary N) is 2. The second kappa shape index (κ2) is 8.00. The number of fused-ring (bicyclic) bond motifs is 1. The van der Waals surface area contributed by atoms with Crippen LogP contribution in [0.5, 0.6) is 11.5 Å². The minimum absolute atomic E-state index is 0.191. The maximum atomic E-state index is 12.5. The van der Waals surface area contributed by atoms with Crippen molar-refractivity contribution in [3.63, 3.8) is 0 Å². The molecule has 6 nitrogen and oxygen atoms in total. The highest BCUT2D eigenvalue weighted by Crippen LogP contribution is 2.32. The molecule has 0 spiro atoms. The molecule has 142 valence electrons. The Kier molecular flexibility index (Phi) is 5.10. The lowest BCUT2D eigenvalue weighted by atomic mass is 10.1. The summed E-state index contributed by atoms with van der Waals surface area (Å²) >= 11 is 0. The van der Waals surface area contributed by atoms with Crippen LogP contribution in [0.2, 0.25) is 0 Å². The van der Waals surface area contributed by atoms with Crippen molar-refractivity contribution in [2.45, 2.75) is 19.9 Å². The molecule has 0 saturated carbocycles. The highest BCUT2D eigenvalue weighted by molar-refractivity contribution is 6.04. The zero-order valence-electron chi connectivity index (χ0n) is 15.6. The number of carbonyl (C=O) groups excluding carboxylic acids is 1. The fraction of sp³-hybridized carbons (Fsp3) is 0.182. The molecule has 0 atom stereocenters. The first-order valence-corrected chi connectivity index (χ1v) is 9.19. The van der Waals surface area contributed by atoms with Gasteiger partial charge in [0.2, 0.25) is 6.79 Å². The van der Waals surface area contributed by atoms with Crippen molar-refractivity contribution in [2.75, 3.05) is 17.4 Å². The van der Waals surface area contributed by atoms with E-state index in [2.05, 4.69) is 22.5 Å². The summed E-state index contributed by atoms with van der Waals surface area (Å²) in [5.74, 6) is 1.32. The smallest absolute Gasteiger partial charge is 0.257 e. The molecular formula is C22H21N3O3. The van der Waals surface area contributed by atoms with Crippen LogP contribution >= 0.6 is 0 Å². The first kappa shape index (κ1) is 17.9. The Bertz CT molecular complexity index is 987. The Balaban J connectivity index is 1.40. The van der Waals surface area contributed by atoms with Crippen molar-refractivity contribution in [3.8, 4) is 11.5 Å². The number of anilines is 2. The first-order valence-electron chi connectivity index (χ1n) is 9.19. The summed E-state index contributed by atoms with van der Waals surface area (Å²) < 4.78 is 10.7. The van der Waals surface area contributed by atoms with Crippen molar-refractivity contribution < 1.29 is 14.3 Å². The summed E-state index contributed by atoms with van der Waals surface area (Å²) in [7, 11) is 0. The van der Waals surface area contributed by atoms with Gasteiger partial charge in [0.25, 0.3) is 5.91 Å². The molecule has 0 saturated heterocycles. The number of aryl methyl sites for hydroxylation is 1. The Morgan fingerprint density at radius 3 is 2.57 bits per heavy atom. The Hall–Kier alpha value is -3.54. The average molecular weight is 375 g/mol. The Labute approximate surface area is 163 Å². The molecule has 28 heavy (non-hydrogen) atoms. The summed E-state index contributed by atoms with van der Waals surface area (Å²) in [5, 5.41) is 6.19. The molecule has 1 aromatic heterocycles. The number of rotatable bonds is 6. The normalized spacial score (nSPS) is 11.9. The number of ether oxygens (including phenoxy) is 2. The van der Waals surface area contributed by atoms with Crippen LogP contribution in [-0.2, 0) is 13.0 Å². The second-order valence-electron chi connectivity index (χ2n) is 6.51. The van der Waals surface area contributed by atoms with E-state index in [9.17, 15) is 4.79 Å². The highest BCUT2D eigenvalue weighted by Gasteiger charge is 2.13. The van der Waals surface area contributed by atoms with Gasteiger partial charge in [-0.25, -0.2) is 0 Å². The third-order valence-corrected chi connectivity index (χ3v) is 4.55. The monoisotopic (exact) mass is 375 g/mol. The van der Waals surface area contributed by atoms with Crippen LogP contribution in [0.25, 0.3) is 0 Å². The van der Waals surface area contributed by atoms with Gasteiger partial charge in [0.15, 0.2) is 11.5 Å². The van der Waals surface area contributed by atoms with Crippen molar-refractivity contribution in [1.29, 1.82) is 0 Å². The van der Waals surface area contributed by atoms with Gasteiger partial charge in [-0.3, -0.25) is 9.78 Å². The topological polar surface area (TPSA) is 72.5 Å². The highest BCUT2D eigenvalue weighted by atomic mass is 16.7. The molecule has 2 heterocycles. The molecular weight excluding hydrogens is 354 g/mol. The van der Waals surface area contributed by atoms with Crippen LogP contribution in [0, 0.1) is 0 Å². The van der Waals surface area contributed by atoms with Gasteiger partial charge < -0.3 is 20.1 Å². The fourth-order valence-corrected chi connectivity index (χ4v) is 2.94. The molecule has 1 aliphatic heterocycles. The predicted molar refractivity (Wildman–Crippen MR) is 108 cm³/mol. The van der Waals surface area contributed by atoms with Gasteiger partial charge in [-0.1, -0.05) is 25.1 Å². The number of benzene rings is 2. The second-order valence-corrected chi connectivity index (χ2v) is 6.51. The van der Waals surface area contributed by atoms with Crippen molar-refractivity contribution in [1.82, 2.24) is 4.98 Å². The molecule has 4 rings (SSSR count). The van der Waals surface area contributed by atoms with Crippen LogP contribution in [-0.4, -0.2) is 17.7 Å². The number of amides is 1. The van der Waals surface area contributed by atoms with Gasteiger partial charge in [0, 0.05) is 24.6 Å². The number of hydrogen-bond acceptors (Lipinski definition) is 5. The maximum absolute atomic E-state index is 12.5. The number of aromatic nitrogens is 1. The molecule has 1 aliphatic rings. The number of pyridine rings is 1. The first-order chi connectivity index (χ1) is 13.7. The summed E-state index contributed by atoms with van der Waals surface area (Å²) in [4.78, 5) is 16.7. The molecule has 0 aliphatic carbocycles. The summed E-state index contributed by atoms with van der Waals surface area (Å²) in [6.45, 7) is 2.94. The summed E-state index contributed by atoms with van der Waals surface area (Å²) in [6.07, 6.45) is 4.22. The largest absolute Gasteiger partial charge is 0.454 e. The molecule has 2 N–H and O–H groups in total. The summed E-state index contributed by atoms with van der Waals surface area (Å²) in [6, 6.07) is 15.4. The van der Waals surface area contributed by atoms with Crippen LogP contribution in [0.3, 0.4) is 0 Å². The van der Waals surface area contributed by atoms with Crippen LogP contribution in [0.4, 0.5) is 11.4 Å². The van der Waals surface area contributed by atoms with E-state index in [0.29, 0.717) is 12.1 Å². The zero-order valence-corrected chi connectivity index (χ0v) is 15.6. The van der Waals surface area contributed by atoms with E-state index >= 15 is 0 Å². The Morgan fingerprint density at radius 1 is 0.964 bits per heavy atom. The lowest BCUT2D eigenvalue weighted by Gasteiger charge is -2.09. The number of hydrogen-bond donors (Lipinski definition) is 2. The van der Waals surface area contributed by atoms with E-state index < -0.39 is 0 Å². The standard InChI is InChI=1S/C22H21N3O3/c1-2-15-3-6-18(7-4-15)25-22(26)17-10-19(13-23-12-17)24-11-16-5-8-20-21(9-16)28-14-27-20/h3-10,12-13,24H,2,11,14H2,1H3,(H,25,26). The minimum Gasteiger partial charge on any atom is -0.454 e. The van der Waals surface area contributed by atoms with E-state index in [1.165, 1.54) is 5.56 Å². The van der Waals surface area contributed by atoms with Crippen LogP contribution < -0.4 is 20.1 Å². The minimum atomic E-state index is -0.191. The van der Waals surface area contributed by atoms with E-state index in [1.807, 2.05) is 42.5 Å². The SMILES string of the molecule is CCc1ccc(NC(=O)c2cncc(NCc3ccc4c(c3)OCO4)c2)cc1. The van der Waals surface area contributed by atoms with Gasteiger partial charge >= 0.3 is 0 Å². The predicted octanol–water partition coefficient (Wildman–Crippen LogP) is 4.24. The molecule has 6 heteroatoms. The zero-order chi connectivity index (χ0) is 19.3. The fourth-order valence-electron chi connectivity index (χ4n) is 2.94. The summed E-state index contributed by atoms with van der Waals surface area (Å²) in [5.41, 5.74) is 4.31. The van der Waals surface area contributed by atoms with Crippen molar-refractivity contribution in [3.05, 3.63) is 77.6 Å². The Morgan fingerprint density at radius 2 is 1.75 bits per heavy atom. The van der Waals surface area contributed by atoms with Crippen molar-refractivity contribution >= 4 is 17.3 Å². The quantitative estimate of drug-likeness (QED) is 0.674. The van der Waals surface area contributed by atoms with E-state index in [4.69, 9.17) is 9.47 Å². The van der Waals surface area contributed by atoms with Gasteiger partial charge in [0.1, 0.15) is 0 Å². The van der Waals surface area contributed by atoms with Crippen LogP contribution in [0.1, 0.15) is 28.4 Å². The van der Waals surface area contributed by atoms with Gasteiger partial charge in [-0.05, 0) is 47.9 Å². The van der Waals surface area contributed by atoms with E-state index in [1.54, 1.807) is 18.5 Å². The molecule has 0 fully saturated rings. The molecule has 2 aromatic carbocycles. The molecule has 3 aromatic rings. The maximum Gasteiger partial charge on any atom is 0.257 e.